The zero-order valence-corrected chi connectivity index (χ0v) is 20.1. The lowest BCUT2D eigenvalue weighted by atomic mass is 10.1. The molecule has 0 aromatic heterocycles. The number of hydrogen-bond donors (Lipinski definition) is 3. The van der Waals surface area contributed by atoms with Crippen LogP contribution < -0.4 is 15.4 Å². The zero-order chi connectivity index (χ0) is 20.5. The smallest absolute Gasteiger partial charge is 0.191 e. The van der Waals surface area contributed by atoms with Crippen LogP contribution in [0.4, 0.5) is 0 Å². The number of aromatic hydroxyl groups is 1. The number of nitrogens with one attached hydrogen (secondary N) is 2. The molecular weight excluding hydrogens is 491 g/mol. The highest BCUT2D eigenvalue weighted by Gasteiger charge is 2.23. The summed E-state index contributed by atoms with van der Waals surface area (Å²) in [6.07, 6.45) is 2.51. The largest absolute Gasteiger partial charge is 0.504 e. The first-order chi connectivity index (χ1) is 14.2. The van der Waals surface area contributed by atoms with Gasteiger partial charge in [0.2, 0.25) is 0 Å². The predicted molar refractivity (Wildman–Crippen MR) is 133 cm³/mol. The molecule has 1 unspecified atom stereocenters. The molecule has 0 radical (unpaired) electrons. The number of aliphatic imine (C=N–C) groups is 1. The molecule has 1 aliphatic heterocycles. The Hall–Kier alpha value is -2.00. The van der Waals surface area contributed by atoms with Gasteiger partial charge in [0.15, 0.2) is 17.5 Å². The van der Waals surface area contributed by atoms with Crippen LogP contribution in [0.15, 0.2) is 53.5 Å². The average Bonchev–Trinajstić information content (AvgIpc) is 3.28. The minimum absolute atomic E-state index is 0. The fourth-order valence-electron chi connectivity index (χ4n) is 3.75. The summed E-state index contributed by atoms with van der Waals surface area (Å²) in [6, 6.07) is 16.4. The number of halogens is 1. The Balaban J connectivity index is 0.00000320. The fraction of sp³-hybridized carbons (Fsp3) is 0.435. The van der Waals surface area contributed by atoms with Crippen LogP contribution in [0.25, 0.3) is 0 Å². The van der Waals surface area contributed by atoms with E-state index in [1.807, 2.05) is 12.1 Å². The molecule has 2 aromatic rings. The topological polar surface area (TPSA) is 69.1 Å². The van der Waals surface area contributed by atoms with Gasteiger partial charge in [-0.2, -0.15) is 0 Å². The number of methoxy groups -OCH3 is 1. The van der Waals surface area contributed by atoms with Crippen molar-refractivity contribution in [2.75, 3.05) is 33.3 Å². The maximum atomic E-state index is 10.3. The van der Waals surface area contributed by atoms with Crippen LogP contribution >= 0.6 is 24.0 Å². The van der Waals surface area contributed by atoms with Gasteiger partial charge in [0.1, 0.15) is 0 Å². The number of benzene rings is 2. The molecule has 3 N–H and O–H groups in total. The van der Waals surface area contributed by atoms with E-state index < -0.39 is 0 Å². The first kappa shape index (κ1) is 24.3. The maximum Gasteiger partial charge on any atom is 0.191 e. The number of para-hydroxylation sites is 1. The zero-order valence-electron chi connectivity index (χ0n) is 17.8. The van der Waals surface area contributed by atoms with Crippen molar-refractivity contribution < 1.29 is 9.84 Å². The number of phenolic OH excluding ortho intramolecular Hbond substituents is 1. The molecule has 1 heterocycles. The molecule has 0 spiro atoms. The summed E-state index contributed by atoms with van der Waals surface area (Å²) in [5.74, 6) is 1.36. The fourth-order valence-corrected chi connectivity index (χ4v) is 3.75. The molecule has 2 aromatic carbocycles. The second kappa shape index (κ2) is 12.6. The second-order valence-electron chi connectivity index (χ2n) is 7.21. The van der Waals surface area contributed by atoms with Crippen LogP contribution in [0, 0.1) is 0 Å². The molecule has 164 valence electrons. The van der Waals surface area contributed by atoms with Crippen LogP contribution in [0.1, 0.15) is 36.9 Å². The molecule has 6 nitrogen and oxygen atoms in total. The van der Waals surface area contributed by atoms with Crippen molar-refractivity contribution in [1.29, 1.82) is 0 Å². The van der Waals surface area contributed by atoms with E-state index in [2.05, 4.69) is 57.8 Å². The standard InChI is InChI=1S/C23H32N4O2.HI/c1-3-24-23(25-16-19-12-9-13-21(29-2)22(19)28)26-17-20(27-14-7-8-15-27)18-10-5-4-6-11-18;/h4-6,9-13,20,28H,3,7-8,14-17H2,1-2H3,(H2,24,25,26);1H. The van der Waals surface area contributed by atoms with E-state index in [9.17, 15) is 5.11 Å². The number of rotatable bonds is 8. The van der Waals surface area contributed by atoms with Crippen molar-refractivity contribution in [2.45, 2.75) is 32.4 Å². The van der Waals surface area contributed by atoms with E-state index in [4.69, 9.17) is 4.74 Å². The van der Waals surface area contributed by atoms with Crippen molar-refractivity contribution in [2.24, 2.45) is 4.99 Å². The van der Waals surface area contributed by atoms with Gasteiger partial charge in [-0.25, -0.2) is 4.99 Å². The third-order valence-corrected chi connectivity index (χ3v) is 5.28. The van der Waals surface area contributed by atoms with Crippen LogP contribution in [0.2, 0.25) is 0 Å². The van der Waals surface area contributed by atoms with Gasteiger partial charge < -0.3 is 20.5 Å². The molecule has 3 rings (SSSR count). The minimum atomic E-state index is 0. The molecule has 1 saturated heterocycles. The van der Waals surface area contributed by atoms with Crippen molar-refractivity contribution >= 4 is 29.9 Å². The molecule has 1 fully saturated rings. The molecule has 0 aliphatic carbocycles. The quantitative estimate of drug-likeness (QED) is 0.278. The van der Waals surface area contributed by atoms with E-state index in [1.54, 1.807) is 13.2 Å². The lowest BCUT2D eigenvalue weighted by Crippen LogP contribution is -2.42. The van der Waals surface area contributed by atoms with E-state index in [0.29, 0.717) is 18.3 Å². The second-order valence-corrected chi connectivity index (χ2v) is 7.21. The number of phenols is 1. The molecule has 30 heavy (non-hydrogen) atoms. The summed E-state index contributed by atoms with van der Waals surface area (Å²) in [7, 11) is 1.55. The van der Waals surface area contributed by atoms with Crippen LogP contribution in [0.3, 0.4) is 0 Å². The number of ether oxygens (including phenoxy) is 1. The Kier molecular flexibility index (Phi) is 10.2. The Bertz CT molecular complexity index is 795. The SMILES string of the molecule is CCNC(=NCc1cccc(OC)c1O)NCC(c1ccccc1)N1CCCC1.I. The normalized spacial score (nSPS) is 15.3. The molecule has 0 bridgehead atoms. The monoisotopic (exact) mass is 524 g/mol. The third kappa shape index (κ3) is 6.50. The highest BCUT2D eigenvalue weighted by Crippen LogP contribution is 2.29. The van der Waals surface area contributed by atoms with Crippen molar-refractivity contribution in [3.05, 3.63) is 59.7 Å². The van der Waals surface area contributed by atoms with Crippen LogP contribution in [0.5, 0.6) is 11.5 Å². The van der Waals surface area contributed by atoms with Crippen LogP contribution in [-0.4, -0.2) is 49.3 Å². The number of nitrogens with zero attached hydrogens (tertiary/aromatic N) is 2. The Morgan fingerprint density at radius 3 is 2.50 bits per heavy atom. The first-order valence-corrected chi connectivity index (χ1v) is 10.4. The minimum Gasteiger partial charge on any atom is -0.504 e. The van der Waals surface area contributed by atoms with Gasteiger partial charge in [0.25, 0.3) is 0 Å². The molecule has 7 heteroatoms. The summed E-state index contributed by atoms with van der Waals surface area (Å²) in [6.45, 7) is 6.24. The third-order valence-electron chi connectivity index (χ3n) is 5.28. The van der Waals surface area contributed by atoms with Crippen LogP contribution in [-0.2, 0) is 6.54 Å². The summed E-state index contributed by atoms with van der Waals surface area (Å²) >= 11 is 0. The summed E-state index contributed by atoms with van der Waals surface area (Å²) in [5, 5.41) is 17.1. The van der Waals surface area contributed by atoms with Gasteiger partial charge in [0.05, 0.1) is 19.7 Å². The predicted octanol–water partition coefficient (Wildman–Crippen LogP) is 3.91. The van der Waals surface area contributed by atoms with Gasteiger partial charge in [-0.3, -0.25) is 4.90 Å². The highest BCUT2D eigenvalue weighted by molar-refractivity contribution is 14.0. The van der Waals surface area contributed by atoms with Gasteiger partial charge in [-0.05, 0) is 44.5 Å². The Labute approximate surface area is 196 Å². The van der Waals surface area contributed by atoms with E-state index in [0.717, 1.165) is 37.7 Å². The van der Waals surface area contributed by atoms with E-state index in [-0.39, 0.29) is 29.7 Å². The lowest BCUT2D eigenvalue weighted by Gasteiger charge is -2.29. The maximum absolute atomic E-state index is 10.3. The van der Waals surface area contributed by atoms with E-state index in [1.165, 1.54) is 18.4 Å². The number of likely N-dealkylation sites (tertiary alicyclic amines) is 1. The Morgan fingerprint density at radius 1 is 1.10 bits per heavy atom. The number of hydrogen-bond acceptors (Lipinski definition) is 4. The average molecular weight is 524 g/mol. The lowest BCUT2D eigenvalue weighted by molar-refractivity contribution is 0.245. The molecule has 0 amide bonds. The van der Waals surface area contributed by atoms with Crippen molar-refractivity contribution in [1.82, 2.24) is 15.5 Å². The molecule has 1 atom stereocenters. The van der Waals surface area contributed by atoms with E-state index >= 15 is 0 Å². The van der Waals surface area contributed by atoms with Gasteiger partial charge >= 0.3 is 0 Å². The van der Waals surface area contributed by atoms with Crippen molar-refractivity contribution in [3.63, 3.8) is 0 Å². The molecular formula is C23H33IN4O2. The van der Waals surface area contributed by atoms with Gasteiger partial charge in [0, 0.05) is 18.7 Å². The highest BCUT2D eigenvalue weighted by atomic mass is 127. The van der Waals surface area contributed by atoms with Gasteiger partial charge in [-0.15, -0.1) is 24.0 Å². The number of guanidine groups is 1. The Morgan fingerprint density at radius 2 is 1.83 bits per heavy atom. The molecule has 1 aliphatic rings. The summed E-state index contributed by atoms with van der Waals surface area (Å²) < 4.78 is 5.19. The summed E-state index contributed by atoms with van der Waals surface area (Å²) in [4.78, 5) is 7.21. The first-order valence-electron chi connectivity index (χ1n) is 10.4. The molecule has 0 saturated carbocycles. The summed E-state index contributed by atoms with van der Waals surface area (Å²) in [5.41, 5.74) is 2.06. The van der Waals surface area contributed by atoms with Gasteiger partial charge in [-0.1, -0.05) is 42.5 Å². The van der Waals surface area contributed by atoms with Crippen molar-refractivity contribution in [3.8, 4) is 11.5 Å².